The number of carbonyl (C=O) groups is 1. The topological polar surface area (TPSA) is 26.3 Å². The molecule has 0 saturated heterocycles. The van der Waals surface area contributed by atoms with Crippen LogP contribution in [-0.4, -0.2) is 12.6 Å². The van der Waals surface area contributed by atoms with E-state index in [0.717, 1.165) is 12.8 Å². The van der Waals surface area contributed by atoms with E-state index in [0.29, 0.717) is 6.61 Å². The highest BCUT2D eigenvalue weighted by molar-refractivity contribution is 5.81. The molecule has 38 heavy (non-hydrogen) atoms. The third-order valence-corrected chi connectivity index (χ3v) is 7.97. The van der Waals surface area contributed by atoms with Crippen molar-refractivity contribution in [1.29, 1.82) is 0 Å². The van der Waals surface area contributed by atoms with Crippen molar-refractivity contribution in [3.63, 3.8) is 0 Å². The summed E-state index contributed by atoms with van der Waals surface area (Å²) in [6.07, 6.45) is 44.5. The molecule has 0 heterocycles. The van der Waals surface area contributed by atoms with Gasteiger partial charge in [0.05, 0.1) is 6.61 Å². The maximum Gasteiger partial charge on any atom is 0.330 e. The average molecular weight is 535 g/mol. The lowest BCUT2D eigenvalue weighted by Crippen LogP contribution is -2.02. The summed E-state index contributed by atoms with van der Waals surface area (Å²) in [6, 6.07) is 0. The molecule has 0 unspecified atom stereocenters. The predicted octanol–water partition coefficient (Wildman–Crippen LogP) is 12.8. The summed E-state index contributed by atoms with van der Waals surface area (Å²) in [7, 11) is 0. The number of esters is 1. The van der Waals surface area contributed by atoms with Crippen LogP contribution in [0.15, 0.2) is 12.2 Å². The van der Waals surface area contributed by atoms with Crippen molar-refractivity contribution in [2.75, 3.05) is 6.61 Å². The summed E-state index contributed by atoms with van der Waals surface area (Å²) in [5.74, 6) is -0.152. The maximum absolute atomic E-state index is 11.8. The minimum absolute atomic E-state index is 0.152. The van der Waals surface area contributed by atoms with E-state index in [-0.39, 0.29) is 5.97 Å². The Bertz CT molecular complexity index is 470. The minimum Gasteiger partial charge on any atom is -0.463 e. The second-order valence-corrected chi connectivity index (χ2v) is 11.9. The number of allylic oxidation sites excluding steroid dienone is 1. The van der Waals surface area contributed by atoms with Crippen LogP contribution in [0.25, 0.3) is 0 Å². The lowest BCUT2D eigenvalue weighted by atomic mass is 10.0. The summed E-state index contributed by atoms with van der Waals surface area (Å²) in [6.45, 7) is 5.16. The van der Waals surface area contributed by atoms with E-state index in [4.69, 9.17) is 4.74 Å². The molecule has 0 N–H and O–H groups in total. The largest absolute Gasteiger partial charge is 0.463 e. The van der Waals surface area contributed by atoms with Gasteiger partial charge in [-0.2, -0.15) is 0 Å². The third kappa shape index (κ3) is 33.2. The van der Waals surface area contributed by atoms with Crippen LogP contribution >= 0.6 is 0 Å². The molecule has 2 heteroatoms. The minimum atomic E-state index is -0.152. The van der Waals surface area contributed by atoms with Gasteiger partial charge in [0.25, 0.3) is 0 Å². The lowest BCUT2D eigenvalue weighted by Gasteiger charge is -2.04. The van der Waals surface area contributed by atoms with Crippen molar-refractivity contribution in [2.45, 2.75) is 206 Å². The molecule has 0 spiro atoms. The maximum atomic E-state index is 11.8. The number of ether oxygens (including phenoxy) is 1. The van der Waals surface area contributed by atoms with E-state index < -0.39 is 0 Å². The SMILES string of the molecule is CCCCCCCCCCCCCCCC=CC(=O)OCCCCCCCCCCCCCCCCCC. The Labute approximate surface area is 240 Å². The summed E-state index contributed by atoms with van der Waals surface area (Å²) >= 11 is 0. The van der Waals surface area contributed by atoms with Gasteiger partial charge in [0, 0.05) is 6.08 Å². The number of carbonyl (C=O) groups excluding carboxylic acids is 1. The molecule has 0 aromatic carbocycles. The molecule has 0 rings (SSSR count). The van der Waals surface area contributed by atoms with Crippen LogP contribution in [0.4, 0.5) is 0 Å². The molecule has 0 fully saturated rings. The average Bonchev–Trinajstić information content (AvgIpc) is 2.92. The van der Waals surface area contributed by atoms with E-state index in [1.165, 1.54) is 180 Å². The molecule has 0 saturated carbocycles. The normalized spacial score (nSPS) is 11.5. The highest BCUT2D eigenvalue weighted by atomic mass is 16.5. The van der Waals surface area contributed by atoms with E-state index in [2.05, 4.69) is 13.8 Å². The fourth-order valence-electron chi connectivity index (χ4n) is 5.33. The Balaban J connectivity index is 3.21. The Hall–Kier alpha value is -0.790. The van der Waals surface area contributed by atoms with Crippen LogP contribution in [0.2, 0.25) is 0 Å². The summed E-state index contributed by atoms with van der Waals surface area (Å²) in [5, 5.41) is 0. The second-order valence-electron chi connectivity index (χ2n) is 11.9. The van der Waals surface area contributed by atoms with Crippen molar-refractivity contribution >= 4 is 5.97 Å². The zero-order chi connectivity index (χ0) is 27.6. The van der Waals surface area contributed by atoms with Crippen LogP contribution in [0.3, 0.4) is 0 Å². The first kappa shape index (κ1) is 37.2. The fraction of sp³-hybridized carbons (Fsp3) is 0.917. The zero-order valence-electron chi connectivity index (χ0n) is 26.4. The first-order valence-corrected chi connectivity index (χ1v) is 17.6. The van der Waals surface area contributed by atoms with E-state index in [1.54, 1.807) is 6.08 Å². The fourth-order valence-corrected chi connectivity index (χ4v) is 5.33. The van der Waals surface area contributed by atoms with E-state index >= 15 is 0 Å². The first-order valence-electron chi connectivity index (χ1n) is 17.6. The van der Waals surface area contributed by atoms with Crippen molar-refractivity contribution in [1.82, 2.24) is 0 Å². The van der Waals surface area contributed by atoms with Crippen molar-refractivity contribution in [3.8, 4) is 0 Å². The van der Waals surface area contributed by atoms with Crippen LogP contribution in [-0.2, 0) is 9.53 Å². The zero-order valence-corrected chi connectivity index (χ0v) is 26.4. The molecule has 0 aliphatic heterocycles. The van der Waals surface area contributed by atoms with Gasteiger partial charge in [-0.3, -0.25) is 0 Å². The van der Waals surface area contributed by atoms with Crippen LogP contribution in [0.5, 0.6) is 0 Å². The Morgan fingerprint density at radius 1 is 0.421 bits per heavy atom. The molecule has 0 aliphatic carbocycles. The monoisotopic (exact) mass is 535 g/mol. The molecule has 2 nitrogen and oxygen atoms in total. The van der Waals surface area contributed by atoms with E-state index in [1.807, 2.05) is 6.08 Å². The highest BCUT2D eigenvalue weighted by Crippen LogP contribution is 2.15. The van der Waals surface area contributed by atoms with Gasteiger partial charge < -0.3 is 4.74 Å². The van der Waals surface area contributed by atoms with Gasteiger partial charge in [-0.1, -0.05) is 193 Å². The predicted molar refractivity (Wildman–Crippen MR) is 170 cm³/mol. The third-order valence-electron chi connectivity index (χ3n) is 7.97. The number of rotatable bonds is 32. The molecule has 226 valence electrons. The second kappa shape index (κ2) is 34.2. The van der Waals surface area contributed by atoms with Gasteiger partial charge in [0.1, 0.15) is 0 Å². The quantitative estimate of drug-likeness (QED) is 0.0487. The Morgan fingerprint density at radius 3 is 1.05 bits per heavy atom. The highest BCUT2D eigenvalue weighted by Gasteiger charge is 1.98. The summed E-state index contributed by atoms with van der Waals surface area (Å²) in [5.41, 5.74) is 0. The lowest BCUT2D eigenvalue weighted by molar-refractivity contribution is -0.137. The van der Waals surface area contributed by atoms with Gasteiger partial charge in [-0.15, -0.1) is 0 Å². The van der Waals surface area contributed by atoms with Crippen molar-refractivity contribution < 1.29 is 9.53 Å². The van der Waals surface area contributed by atoms with Crippen LogP contribution < -0.4 is 0 Å². The Morgan fingerprint density at radius 2 is 0.711 bits per heavy atom. The standard InChI is InChI=1S/C36H70O2/c1-3-5-7-9-11-13-15-17-19-21-23-25-27-29-31-33-35-38-36(37)34-32-30-28-26-24-22-20-18-16-14-12-10-8-6-4-2/h32,34H,3-31,33,35H2,1-2H3. The van der Waals surface area contributed by atoms with Crippen molar-refractivity contribution in [2.24, 2.45) is 0 Å². The molecular formula is C36H70O2. The first-order chi connectivity index (χ1) is 18.8. The van der Waals surface area contributed by atoms with Gasteiger partial charge in [-0.25, -0.2) is 4.79 Å². The van der Waals surface area contributed by atoms with Gasteiger partial charge in [-0.05, 0) is 19.3 Å². The smallest absolute Gasteiger partial charge is 0.330 e. The Kier molecular flexibility index (Phi) is 33.5. The van der Waals surface area contributed by atoms with Gasteiger partial charge >= 0.3 is 5.97 Å². The summed E-state index contributed by atoms with van der Waals surface area (Å²) < 4.78 is 5.35. The van der Waals surface area contributed by atoms with E-state index in [9.17, 15) is 4.79 Å². The molecule has 0 radical (unpaired) electrons. The molecule has 0 amide bonds. The van der Waals surface area contributed by atoms with Crippen LogP contribution in [0.1, 0.15) is 206 Å². The number of hydrogen-bond acceptors (Lipinski definition) is 2. The molecule has 0 aromatic heterocycles. The molecular weight excluding hydrogens is 464 g/mol. The number of unbranched alkanes of at least 4 members (excludes halogenated alkanes) is 28. The summed E-state index contributed by atoms with van der Waals surface area (Å²) in [4.78, 5) is 11.8. The van der Waals surface area contributed by atoms with Gasteiger partial charge in [0.2, 0.25) is 0 Å². The number of hydrogen-bond donors (Lipinski definition) is 0. The van der Waals surface area contributed by atoms with Gasteiger partial charge in [0.15, 0.2) is 0 Å². The van der Waals surface area contributed by atoms with Crippen LogP contribution in [0, 0.1) is 0 Å². The molecule has 0 aromatic rings. The molecule has 0 aliphatic rings. The molecule has 0 atom stereocenters. The molecule has 0 bridgehead atoms. The van der Waals surface area contributed by atoms with Crippen molar-refractivity contribution in [3.05, 3.63) is 12.2 Å².